The molecule has 0 fully saturated rings. The Morgan fingerprint density at radius 2 is 0.290 bits per heavy atom. The predicted octanol–water partition coefficient (Wildman–Crippen LogP) is 27.5. The van der Waals surface area contributed by atoms with Crippen LogP contribution in [0.15, 0.2) is 400 Å². The van der Waals surface area contributed by atoms with Gasteiger partial charge in [-0.05, 0) is 198 Å². The molecular weight excluding hydrogens is 1210 g/mol. The highest BCUT2D eigenvalue weighted by molar-refractivity contribution is 6.05. The van der Waals surface area contributed by atoms with Crippen molar-refractivity contribution in [2.75, 3.05) is 19.6 Å². The van der Waals surface area contributed by atoms with Gasteiger partial charge in [-0.2, -0.15) is 0 Å². The normalized spacial score (nSPS) is 11.4. The van der Waals surface area contributed by atoms with E-state index in [4.69, 9.17) is 0 Å². The van der Waals surface area contributed by atoms with Crippen molar-refractivity contribution in [2.24, 2.45) is 0 Å². The minimum Gasteiger partial charge on any atom is -0.310 e. The smallest absolute Gasteiger partial charge is 0.0540 e. The summed E-state index contributed by atoms with van der Waals surface area (Å²) in [6.45, 7) is 0. The molecule has 0 aromatic heterocycles. The highest BCUT2D eigenvalue weighted by Crippen LogP contribution is 2.47. The molecule has 18 rings (SSSR count). The molecule has 18 aromatic carbocycles. The largest absolute Gasteiger partial charge is 0.310 e. The number of benzene rings is 18. The maximum atomic E-state index is 2.40. The van der Waals surface area contributed by atoms with Crippen molar-refractivity contribution in [3.8, 4) is 33.4 Å². The lowest BCUT2D eigenvalue weighted by Gasteiger charge is -2.30. The van der Waals surface area contributed by atoms with Gasteiger partial charge >= 0.3 is 0 Å². The summed E-state index contributed by atoms with van der Waals surface area (Å²) in [7, 11) is 0. The predicted molar refractivity (Wildman–Crippen MR) is 427 cm³/mol. The Hall–Kier alpha value is -13.3. The molecule has 0 bridgehead atoms. The third-order valence-corrected chi connectivity index (χ3v) is 19.8. The summed E-state index contributed by atoms with van der Waals surface area (Å²) in [5, 5.41) is 14.4. The van der Waals surface area contributed by atoms with E-state index in [0.29, 0.717) is 0 Å². The van der Waals surface area contributed by atoms with Crippen molar-refractivity contribution in [1.82, 2.24) is 0 Å². The van der Waals surface area contributed by atoms with Gasteiger partial charge < -0.3 is 19.6 Å². The van der Waals surface area contributed by atoms with Gasteiger partial charge in [0, 0.05) is 67.0 Å². The van der Waals surface area contributed by atoms with Gasteiger partial charge in [-0.3, -0.25) is 0 Å². The molecule has 4 heteroatoms. The molecule has 100 heavy (non-hydrogen) atoms. The lowest BCUT2D eigenvalue weighted by atomic mass is 9.98. The van der Waals surface area contributed by atoms with E-state index in [-0.39, 0.29) is 0 Å². The highest BCUT2D eigenvalue weighted by Gasteiger charge is 2.23. The Labute approximate surface area is 582 Å². The van der Waals surface area contributed by atoms with Gasteiger partial charge in [0.1, 0.15) is 0 Å². The van der Waals surface area contributed by atoms with Crippen molar-refractivity contribution in [3.05, 3.63) is 400 Å². The third kappa shape index (κ3) is 11.0. The van der Waals surface area contributed by atoms with Gasteiger partial charge in [-0.1, -0.05) is 279 Å². The molecule has 0 aliphatic rings. The lowest BCUT2D eigenvalue weighted by molar-refractivity contribution is 1.27. The molecule has 0 aliphatic carbocycles. The Balaban J connectivity index is 0.686. The zero-order valence-electron chi connectivity index (χ0n) is 54.9. The van der Waals surface area contributed by atoms with Gasteiger partial charge in [0.25, 0.3) is 0 Å². The average Bonchev–Trinajstić information content (AvgIpc) is 0.777. The monoisotopic (exact) mass is 1270 g/mol. The molecule has 0 unspecified atom stereocenters. The van der Waals surface area contributed by atoms with Crippen LogP contribution in [0, 0.1) is 0 Å². The van der Waals surface area contributed by atoms with Crippen molar-refractivity contribution in [3.63, 3.8) is 0 Å². The van der Waals surface area contributed by atoms with E-state index in [1.807, 2.05) is 0 Å². The average molecular weight is 1280 g/mol. The van der Waals surface area contributed by atoms with Crippen LogP contribution in [0.5, 0.6) is 0 Å². The quantitative estimate of drug-likeness (QED) is 0.101. The second kappa shape index (κ2) is 25.7. The second-order valence-corrected chi connectivity index (χ2v) is 25.6. The summed E-state index contributed by atoms with van der Waals surface area (Å²) >= 11 is 0. The molecule has 4 nitrogen and oxygen atoms in total. The standard InChI is InChI=1S/C96H66N4/c1-7-31-85-69(19-1)25-13-37-87(85)75-47-55-79(56-48-75)99(95-41-17-29-73-23-5-11-35-91(73)95)83-63-59-81(60-64-83)97(93-39-15-27-71-21-3-9-33-89(71)93)77-51-43-67(44-52-77)68-45-53-78(54-46-68)98(94-40-16-28-72-22-4-10-34-90(72)94)82-61-65-84(66-62-82)100(96-42-18-30-74-24-6-12-36-92(74)96)80-57-49-76(50-58-80)88-38-14-26-70-20-2-8-32-86(70)88/h1-66H. The van der Waals surface area contributed by atoms with Crippen LogP contribution in [-0.4, -0.2) is 0 Å². The Bertz CT molecular complexity index is 5620. The zero-order chi connectivity index (χ0) is 66.3. The molecule has 0 amide bonds. The molecule has 0 atom stereocenters. The van der Waals surface area contributed by atoms with E-state index in [2.05, 4.69) is 420 Å². The van der Waals surface area contributed by atoms with Gasteiger partial charge in [-0.15, -0.1) is 0 Å². The Morgan fingerprint density at radius 1 is 0.120 bits per heavy atom. The first kappa shape index (κ1) is 59.2. The van der Waals surface area contributed by atoms with E-state index in [0.717, 1.165) is 79.4 Å². The van der Waals surface area contributed by atoms with E-state index in [1.54, 1.807) is 0 Å². The van der Waals surface area contributed by atoms with Gasteiger partial charge in [0.05, 0.1) is 22.7 Å². The molecule has 0 N–H and O–H groups in total. The minimum absolute atomic E-state index is 1.05. The molecule has 0 heterocycles. The topological polar surface area (TPSA) is 13.0 Å². The first-order valence-electron chi connectivity index (χ1n) is 34.3. The lowest BCUT2D eigenvalue weighted by Crippen LogP contribution is -2.13. The number of rotatable bonds is 15. The van der Waals surface area contributed by atoms with Crippen LogP contribution in [0.1, 0.15) is 0 Å². The third-order valence-electron chi connectivity index (χ3n) is 19.8. The maximum absolute atomic E-state index is 2.40. The van der Waals surface area contributed by atoms with Gasteiger partial charge in [-0.25, -0.2) is 0 Å². The summed E-state index contributed by atoms with van der Waals surface area (Å²) in [5.41, 5.74) is 20.0. The summed E-state index contributed by atoms with van der Waals surface area (Å²) in [6.07, 6.45) is 0. The van der Waals surface area contributed by atoms with Crippen LogP contribution in [0.2, 0.25) is 0 Å². The van der Waals surface area contributed by atoms with Crippen molar-refractivity contribution in [1.29, 1.82) is 0 Å². The van der Waals surface area contributed by atoms with E-state index in [1.165, 1.54) is 86.9 Å². The fourth-order valence-electron chi connectivity index (χ4n) is 15.0. The van der Waals surface area contributed by atoms with Gasteiger partial charge in [0.15, 0.2) is 0 Å². The summed E-state index contributed by atoms with van der Waals surface area (Å²) in [5.74, 6) is 0. The molecule has 470 valence electrons. The van der Waals surface area contributed by atoms with Crippen LogP contribution < -0.4 is 19.6 Å². The Kier molecular flexibility index (Phi) is 15.2. The van der Waals surface area contributed by atoms with Crippen LogP contribution in [-0.2, 0) is 0 Å². The summed E-state index contributed by atoms with van der Waals surface area (Å²) in [4.78, 5) is 9.60. The number of nitrogens with zero attached hydrogens (tertiary/aromatic N) is 4. The number of anilines is 12. The summed E-state index contributed by atoms with van der Waals surface area (Å²) in [6, 6.07) is 146. The molecule has 0 spiro atoms. The zero-order valence-corrected chi connectivity index (χ0v) is 54.9. The maximum Gasteiger partial charge on any atom is 0.0540 e. The first-order chi connectivity index (χ1) is 49.6. The van der Waals surface area contributed by atoms with Crippen LogP contribution in [0.3, 0.4) is 0 Å². The van der Waals surface area contributed by atoms with Crippen LogP contribution >= 0.6 is 0 Å². The van der Waals surface area contributed by atoms with E-state index >= 15 is 0 Å². The Morgan fingerprint density at radius 3 is 0.530 bits per heavy atom. The van der Waals surface area contributed by atoms with Crippen molar-refractivity contribution >= 4 is 133 Å². The van der Waals surface area contributed by atoms with E-state index < -0.39 is 0 Å². The van der Waals surface area contributed by atoms with E-state index in [9.17, 15) is 0 Å². The molecule has 0 aliphatic heterocycles. The number of hydrogen-bond acceptors (Lipinski definition) is 4. The van der Waals surface area contributed by atoms with Crippen molar-refractivity contribution < 1.29 is 0 Å². The van der Waals surface area contributed by atoms with Gasteiger partial charge in [0.2, 0.25) is 0 Å². The van der Waals surface area contributed by atoms with Crippen LogP contribution in [0.25, 0.3) is 98.0 Å². The molecular formula is C96H66N4. The van der Waals surface area contributed by atoms with Crippen molar-refractivity contribution in [2.45, 2.75) is 0 Å². The molecule has 0 saturated heterocycles. The molecule has 18 aromatic rings. The molecule has 0 radical (unpaired) electrons. The summed E-state index contributed by atoms with van der Waals surface area (Å²) < 4.78 is 0. The highest BCUT2D eigenvalue weighted by atomic mass is 15.2. The SMILES string of the molecule is c1ccc2c(-c3ccc(N(c4ccc(N(c5ccc(-c6ccc(N(c7ccc(N(c8ccc(-c9cccc%10ccccc9%10)cc8)c8cccc9ccccc89)cc7)c7cccc8ccccc78)cc6)cc5)c5cccc6ccccc56)cc4)c4cccc5ccccc45)cc3)cccc2c1. The first-order valence-corrected chi connectivity index (χ1v) is 34.3. The second-order valence-electron chi connectivity index (χ2n) is 25.6. The number of fused-ring (bicyclic) bond motifs is 6. The van der Waals surface area contributed by atoms with Crippen LogP contribution in [0.4, 0.5) is 68.2 Å². The fraction of sp³-hybridized carbons (Fsp3) is 0. The molecule has 0 saturated carbocycles. The number of hydrogen-bond donors (Lipinski definition) is 0. The fourth-order valence-corrected chi connectivity index (χ4v) is 15.0. The minimum atomic E-state index is 1.05.